The molecule has 5 rings (SSSR count). The van der Waals surface area contributed by atoms with Crippen LogP contribution >= 0.6 is 0 Å². The Morgan fingerprint density at radius 1 is 1.04 bits per heavy atom. The number of hydrogen-bond acceptors (Lipinski definition) is 5. The average Bonchev–Trinajstić information content (AvgIpc) is 3.46. The number of nitrogens with zero attached hydrogens (tertiary/aromatic N) is 5. The monoisotopic (exact) mass is 360 g/mol. The van der Waals surface area contributed by atoms with Gasteiger partial charge in [0.25, 0.3) is 0 Å². The van der Waals surface area contributed by atoms with Gasteiger partial charge >= 0.3 is 0 Å². The molecule has 134 valence electrons. The smallest absolute Gasteiger partial charge is 0.180 e. The number of aliphatic hydroxyl groups excluding tert-OH is 1. The third-order valence-electron chi connectivity index (χ3n) is 4.46. The largest absolute Gasteiger partial charge is 0.451 e. The van der Waals surface area contributed by atoms with Crippen molar-refractivity contribution in [3.05, 3.63) is 61.3 Å². The van der Waals surface area contributed by atoms with Gasteiger partial charge in [-0.05, 0) is 36.4 Å². The summed E-state index contributed by atoms with van der Waals surface area (Å²) in [6, 6.07) is 11.6. The van der Waals surface area contributed by atoms with Crippen molar-refractivity contribution in [1.29, 1.82) is 0 Å². The Hall–Kier alpha value is -3.65. The van der Waals surface area contributed by atoms with Gasteiger partial charge in [0.15, 0.2) is 17.3 Å². The first-order valence-electron chi connectivity index (χ1n) is 8.53. The van der Waals surface area contributed by atoms with Crippen molar-refractivity contribution < 1.29 is 9.52 Å². The predicted molar refractivity (Wildman–Crippen MR) is 99.2 cm³/mol. The van der Waals surface area contributed by atoms with Gasteiger partial charge in [-0.1, -0.05) is 0 Å². The third kappa shape index (κ3) is 2.63. The molecule has 0 aliphatic heterocycles. The maximum Gasteiger partial charge on any atom is 0.180 e. The molecule has 0 radical (unpaired) electrons. The number of benzene rings is 1. The maximum absolute atomic E-state index is 9.16. The molecule has 0 saturated carbocycles. The predicted octanol–water partition coefficient (Wildman–Crippen LogP) is 2.86. The zero-order chi connectivity index (χ0) is 18.2. The van der Waals surface area contributed by atoms with E-state index < -0.39 is 0 Å². The Morgan fingerprint density at radius 3 is 2.81 bits per heavy atom. The van der Waals surface area contributed by atoms with Crippen molar-refractivity contribution in [2.75, 3.05) is 6.61 Å². The molecule has 27 heavy (non-hydrogen) atoms. The van der Waals surface area contributed by atoms with E-state index in [0.29, 0.717) is 23.9 Å². The topological polar surface area (TPSA) is 97.7 Å². The highest BCUT2D eigenvalue weighted by Crippen LogP contribution is 2.28. The summed E-state index contributed by atoms with van der Waals surface area (Å²) in [5.74, 6) is 2.07. The zero-order valence-electron chi connectivity index (χ0n) is 14.3. The summed E-state index contributed by atoms with van der Waals surface area (Å²) in [6.07, 6.45) is 7.05. The minimum Gasteiger partial charge on any atom is -0.451 e. The Bertz CT molecular complexity index is 1200. The number of furan rings is 1. The molecule has 8 heteroatoms. The van der Waals surface area contributed by atoms with Gasteiger partial charge in [-0.3, -0.25) is 9.67 Å². The van der Waals surface area contributed by atoms with Crippen LogP contribution in [0.3, 0.4) is 0 Å². The summed E-state index contributed by atoms with van der Waals surface area (Å²) in [7, 11) is 0. The number of aromatic nitrogens is 6. The quantitative estimate of drug-likeness (QED) is 0.502. The second-order valence-corrected chi connectivity index (χ2v) is 6.09. The molecule has 1 aromatic carbocycles. The molecule has 0 fully saturated rings. The first-order valence-corrected chi connectivity index (χ1v) is 8.53. The normalized spacial score (nSPS) is 11.4. The van der Waals surface area contributed by atoms with Crippen molar-refractivity contribution in [3.63, 3.8) is 0 Å². The molecule has 0 unspecified atom stereocenters. The minimum atomic E-state index is 0.0794. The summed E-state index contributed by atoms with van der Waals surface area (Å²) in [4.78, 5) is 8.89. The van der Waals surface area contributed by atoms with Crippen LogP contribution in [0.1, 0.15) is 0 Å². The molecule has 0 amide bonds. The molecule has 0 bridgehead atoms. The van der Waals surface area contributed by atoms with Crippen molar-refractivity contribution in [1.82, 2.24) is 29.3 Å². The highest BCUT2D eigenvalue weighted by Gasteiger charge is 2.14. The number of aromatic amines is 1. The number of aliphatic hydroxyl groups is 1. The van der Waals surface area contributed by atoms with Crippen LogP contribution in [0.4, 0.5) is 0 Å². The molecule has 0 aliphatic carbocycles. The maximum atomic E-state index is 9.16. The zero-order valence-corrected chi connectivity index (χ0v) is 14.3. The van der Waals surface area contributed by atoms with Crippen LogP contribution in [-0.2, 0) is 6.54 Å². The van der Waals surface area contributed by atoms with E-state index in [4.69, 9.17) is 9.52 Å². The van der Waals surface area contributed by atoms with Crippen LogP contribution in [0, 0.1) is 0 Å². The van der Waals surface area contributed by atoms with Crippen molar-refractivity contribution in [2.24, 2.45) is 0 Å². The number of fused-ring (bicyclic) bond motifs is 1. The Morgan fingerprint density at radius 2 is 1.96 bits per heavy atom. The lowest BCUT2D eigenvalue weighted by Crippen LogP contribution is -2.00. The first-order chi connectivity index (χ1) is 13.3. The fourth-order valence-corrected chi connectivity index (χ4v) is 3.18. The summed E-state index contributed by atoms with van der Waals surface area (Å²) >= 11 is 0. The lowest BCUT2D eigenvalue weighted by atomic mass is 10.2. The molecule has 0 atom stereocenters. The standard InChI is InChI=1S/C19H16N6O2/c26-10-9-24-12-21-15-11-13(1-2-16(15)24)25-8-7-20-19(25)18-4-3-17(27-18)14-5-6-22-23-14/h1-8,11-12,26H,9-10H2,(H,22,23). The van der Waals surface area contributed by atoms with E-state index >= 15 is 0 Å². The molecule has 2 N–H and O–H groups in total. The molecule has 4 heterocycles. The van der Waals surface area contributed by atoms with Gasteiger partial charge < -0.3 is 14.1 Å². The van der Waals surface area contributed by atoms with Gasteiger partial charge in [-0.2, -0.15) is 5.10 Å². The van der Waals surface area contributed by atoms with Crippen molar-refractivity contribution >= 4 is 11.0 Å². The van der Waals surface area contributed by atoms with Crippen LogP contribution in [0.2, 0.25) is 0 Å². The molecular formula is C19H16N6O2. The van der Waals surface area contributed by atoms with E-state index in [9.17, 15) is 0 Å². The fourth-order valence-electron chi connectivity index (χ4n) is 3.18. The second kappa shape index (κ2) is 6.26. The molecule has 0 aliphatic rings. The highest BCUT2D eigenvalue weighted by molar-refractivity contribution is 5.78. The molecular weight excluding hydrogens is 344 g/mol. The van der Waals surface area contributed by atoms with Gasteiger partial charge in [-0.25, -0.2) is 9.97 Å². The van der Waals surface area contributed by atoms with Gasteiger partial charge in [0, 0.05) is 30.8 Å². The van der Waals surface area contributed by atoms with Crippen LogP contribution in [-0.4, -0.2) is 41.0 Å². The summed E-state index contributed by atoms with van der Waals surface area (Å²) in [5.41, 5.74) is 3.59. The number of hydrogen-bond donors (Lipinski definition) is 2. The van der Waals surface area contributed by atoms with E-state index in [1.807, 2.05) is 51.7 Å². The van der Waals surface area contributed by atoms with Gasteiger partial charge in [0.05, 0.1) is 24.0 Å². The van der Waals surface area contributed by atoms with Gasteiger partial charge in [0.1, 0.15) is 5.69 Å². The SMILES string of the molecule is OCCn1cnc2cc(-n3ccnc3-c3ccc(-c4ccn[nH]4)o3)ccc21. The third-order valence-corrected chi connectivity index (χ3v) is 4.46. The molecule has 4 aromatic heterocycles. The van der Waals surface area contributed by atoms with Crippen molar-refractivity contribution in [3.8, 4) is 28.7 Å². The molecule has 0 saturated heterocycles. The summed E-state index contributed by atoms with van der Waals surface area (Å²) in [5, 5.41) is 16.0. The van der Waals surface area contributed by atoms with Crippen molar-refractivity contribution in [2.45, 2.75) is 6.54 Å². The Kier molecular flexibility index (Phi) is 3.61. The van der Waals surface area contributed by atoms with E-state index in [-0.39, 0.29) is 6.61 Å². The Balaban J connectivity index is 1.54. The van der Waals surface area contributed by atoms with Crippen LogP contribution in [0.5, 0.6) is 0 Å². The van der Waals surface area contributed by atoms with Crippen LogP contribution in [0.15, 0.2) is 65.7 Å². The molecule has 8 nitrogen and oxygen atoms in total. The van der Waals surface area contributed by atoms with E-state index in [1.54, 1.807) is 18.7 Å². The Labute approximate surface area is 153 Å². The van der Waals surface area contributed by atoms with E-state index in [2.05, 4.69) is 20.2 Å². The van der Waals surface area contributed by atoms with E-state index in [1.165, 1.54) is 0 Å². The van der Waals surface area contributed by atoms with Crippen LogP contribution in [0.25, 0.3) is 39.8 Å². The first kappa shape index (κ1) is 15.6. The molecule has 5 aromatic rings. The number of rotatable bonds is 5. The summed E-state index contributed by atoms with van der Waals surface area (Å²) in [6.45, 7) is 0.602. The van der Waals surface area contributed by atoms with Gasteiger partial charge in [-0.15, -0.1) is 0 Å². The second-order valence-electron chi connectivity index (χ2n) is 6.09. The fraction of sp³-hybridized carbons (Fsp3) is 0.105. The van der Waals surface area contributed by atoms with Gasteiger partial charge in [0.2, 0.25) is 0 Å². The number of H-pyrrole nitrogens is 1. The lowest BCUT2D eigenvalue weighted by Gasteiger charge is -2.07. The summed E-state index contributed by atoms with van der Waals surface area (Å²) < 4.78 is 9.84. The number of nitrogens with one attached hydrogen (secondary N) is 1. The lowest BCUT2D eigenvalue weighted by molar-refractivity contribution is 0.278. The molecule has 0 spiro atoms. The van der Waals surface area contributed by atoms with Crippen LogP contribution < -0.4 is 0 Å². The number of imidazole rings is 2. The average molecular weight is 360 g/mol. The van der Waals surface area contributed by atoms with E-state index in [0.717, 1.165) is 22.4 Å². The minimum absolute atomic E-state index is 0.0794. The highest BCUT2D eigenvalue weighted by atomic mass is 16.3.